The van der Waals surface area contributed by atoms with E-state index in [0.29, 0.717) is 5.56 Å². The van der Waals surface area contributed by atoms with Gasteiger partial charge in [-0.25, -0.2) is 0 Å². The molecule has 18 heavy (non-hydrogen) atoms. The summed E-state index contributed by atoms with van der Waals surface area (Å²) in [6, 6.07) is 5.95. The smallest absolute Gasteiger partial charge is 0.449 e. The largest absolute Gasteiger partial charge is 0.460 e. The third-order valence-corrected chi connectivity index (χ3v) is 2.71. The first-order valence-corrected chi connectivity index (χ1v) is 4.96. The number of benzene rings is 1. The van der Waals surface area contributed by atoms with E-state index in [1.165, 1.54) is 18.2 Å². The summed E-state index contributed by atoms with van der Waals surface area (Å²) in [6.07, 6.45) is -4.19. The molecule has 4 nitrogen and oxygen atoms in total. The van der Waals surface area contributed by atoms with Crippen LogP contribution in [0.3, 0.4) is 0 Å². The molecule has 0 radical (unpaired) electrons. The van der Waals surface area contributed by atoms with E-state index in [4.69, 9.17) is 9.26 Å². The topological polar surface area (TPSA) is 55.5 Å². The molecule has 1 aromatic heterocycles. The number of ether oxygens (including phenoxy) is 1. The Morgan fingerprint density at radius 2 is 1.94 bits per heavy atom. The second-order valence-electron chi connectivity index (χ2n) is 3.81. The van der Waals surface area contributed by atoms with Gasteiger partial charge in [0.15, 0.2) is 5.76 Å². The number of aromatic nitrogens is 1. The molecule has 7 heteroatoms. The highest BCUT2D eigenvalue weighted by molar-refractivity contribution is 5.71. The number of nitrogens with zero attached hydrogens (tertiary/aromatic N) is 1. The van der Waals surface area contributed by atoms with Crippen molar-refractivity contribution in [3.05, 3.63) is 36.0 Å². The number of hydrogen-bond acceptors (Lipinski definition) is 4. The van der Waals surface area contributed by atoms with Gasteiger partial charge in [-0.15, -0.1) is 0 Å². The Hall–Kier alpha value is -2.02. The molecule has 2 aromatic rings. The van der Waals surface area contributed by atoms with E-state index in [0.717, 1.165) is 6.20 Å². The number of rotatable bonds is 0. The molecular formula is C11H6F3NO3. The lowest BCUT2D eigenvalue weighted by Gasteiger charge is -2.33. The molecular weight excluding hydrogens is 251 g/mol. The molecule has 1 aromatic carbocycles. The lowest BCUT2D eigenvalue weighted by molar-refractivity contribution is -0.345. The zero-order valence-electron chi connectivity index (χ0n) is 8.73. The molecule has 0 spiro atoms. The normalized spacial score (nSPS) is 22.0. The van der Waals surface area contributed by atoms with E-state index in [1.807, 2.05) is 0 Å². The Balaban J connectivity index is 2.28. The number of fused-ring (bicyclic) bond motifs is 3. The monoisotopic (exact) mass is 257 g/mol. The molecule has 0 bridgehead atoms. The average molecular weight is 257 g/mol. The molecule has 0 fully saturated rings. The quantitative estimate of drug-likeness (QED) is 0.787. The highest BCUT2D eigenvalue weighted by Gasteiger charge is 2.62. The molecule has 0 aliphatic carbocycles. The van der Waals surface area contributed by atoms with Crippen LogP contribution in [-0.4, -0.2) is 16.4 Å². The number of para-hydroxylation sites is 1. The lowest BCUT2D eigenvalue weighted by atomic mass is 9.98. The van der Waals surface area contributed by atoms with Crippen LogP contribution in [0.1, 0.15) is 5.56 Å². The van der Waals surface area contributed by atoms with Gasteiger partial charge in [0.25, 0.3) is 0 Å². The standard InChI is InChI=1S/C11H6F3NO3/c12-11(13,14)10(16)7-5-15-18-9(7)6-3-1-2-4-8(6)17-10/h1-5,16H/t10-/m1/s1. The summed E-state index contributed by atoms with van der Waals surface area (Å²) in [4.78, 5) is 0. The van der Waals surface area contributed by atoms with Crippen LogP contribution in [0.5, 0.6) is 5.75 Å². The van der Waals surface area contributed by atoms with Gasteiger partial charge in [0, 0.05) is 0 Å². The van der Waals surface area contributed by atoms with Crippen LogP contribution in [0.25, 0.3) is 11.3 Å². The molecule has 3 rings (SSSR count). The van der Waals surface area contributed by atoms with Crippen molar-refractivity contribution in [1.29, 1.82) is 0 Å². The average Bonchev–Trinajstić information content (AvgIpc) is 2.77. The number of aliphatic hydroxyl groups is 1. The first-order valence-electron chi connectivity index (χ1n) is 4.96. The van der Waals surface area contributed by atoms with Gasteiger partial charge < -0.3 is 14.4 Å². The van der Waals surface area contributed by atoms with Crippen LogP contribution in [0.15, 0.2) is 35.0 Å². The number of halogens is 3. The third kappa shape index (κ3) is 1.28. The summed E-state index contributed by atoms with van der Waals surface area (Å²) in [5.41, 5.74) is -0.229. The van der Waals surface area contributed by atoms with Crippen LogP contribution in [-0.2, 0) is 5.79 Å². The first-order chi connectivity index (χ1) is 8.43. The lowest BCUT2D eigenvalue weighted by Crippen LogP contribution is -2.48. The van der Waals surface area contributed by atoms with Crippen molar-refractivity contribution >= 4 is 0 Å². The van der Waals surface area contributed by atoms with Crippen molar-refractivity contribution in [2.24, 2.45) is 0 Å². The van der Waals surface area contributed by atoms with Gasteiger partial charge in [-0.1, -0.05) is 17.3 Å². The molecule has 94 valence electrons. The van der Waals surface area contributed by atoms with Crippen LogP contribution >= 0.6 is 0 Å². The number of alkyl halides is 3. The SMILES string of the molecule is O[C@@]1(C(F)(F)F)Oc2ccccc2-c2oncc21. The van der Waals surface area contributed by atoms with Crippen molar-refractivity contribution < 1.29 is 27.5 Å². The number of hydrogen-bond donors (Lipinski definition) is 1. The Morgan fingerprint density at radius 1 is 1.22 bits per heavy atom. The van der Waals surface area contributed by atoms with Crippen molar-refractivity contribution in [2.45, 2.75) is 12.0 Å². The maximum absolute atomic E-state index is 12.9. The fourth-order valence-corrected chi connectivity index (χ4v) is 1.84. The molecule has 1 aliphatic rings. The fourth-order valence-electron chi connectivity index (χ4n) is 1.84. The maximum Gasteiger partial charge on any atom is 0.460 e. The van der Waals surface area contributed by atoms with Gasteiger partial charge in [0.2, 0.25) is 0 Å². The second-order valence-corrected chi connectivity index (χ2v) is 3.81. The van der Waals surface area contributed by atoms with Crippen LogP contribution in [0.2, 0.25) is 0 Å². The minimum absolute atomic E-state index is 0.110. The fraction of sp³-hybridized carbons (Fsp3) is 0.182. The summed E-state index contributed by atoms with van der Waals surface area (Å²) >= 11 is 0. The summed E-state index contributed by atoms with van der Waals surface area (Å²) in [5, 5.41) is 13.0. The van der Waals surface area contributed by atoms with Gasteiger partial charge in [0.1, 0.15) is 11.3 Å². The van der Waals surface area contributed by atoms with Crippen LogP contribution in [0, 0.1) is 0 Å². The Bertz CT molecular complexity index is 608. The Labute approximate surface area is 98.6 Å². The van der Waals surface area contributed by atoms with E-state index < -0.39 is 17.5 Å². The highest BCUT2D eigenvalue weighted by atomic mass is 19.4. The van der Waals surface area contributed by atoms with Gasteiger partial charge >= 0.3 is 12.0 Å². The minimum Gasteiger partial charge on any atom is -0.449 e. The van der Waals surface area contributed by atoms with E-state index in [2.05, 4.69) is 5.16 Å². The summed E-state index contributed by atoms with van der Waals surface area (Å²) in [6.45, 7) is 0. The predicted octanol–water partition coefficient (Wildman–Crippen LogP) is 2.44. The van der Waals surface area contributed by atoms with Crippen LogP contribution < -0.4 is 4.74 Å². The predicted molar refractivity (Wildman–Crippen MR) is 52.5 cm³/mol. The Kier molecular flexibility index (Phi) is 2.01. The van der Waals surface area contributed by atoms with Crippen molar-refractivity contribution in [2.75, 3.05) is 0 Å². The van der Waals surface area contributed by atoms with Crippen LogP contribution in [0.4, 0.5) is 13.2 Å². The van der Waals surface area contributed by atoms with Crippen molar-refractivity contribution in [1.82, 2.24) is 5.16 Å². The van der Waals surface area contributed by atoms with E-state index in [-0.39, 0.29) is 11.5 Å². The van der Waals surface area contributed by atoms with Gasteiger partial charge in [0.05, 0.1) is 11.8 Å². The molecule has 2 heterocycles. The molecule has 0 saturated heterocycles. The van der Waals surface area contributed by atoms with Gasteiger partial charge in [-0.2, -0.15) is 13.2 Å². The van der Waals surface area contributed by atoms with E-state index in [9.17, 15) is 18.3 Å². The Morgan fingerprint density at radius 3 is 2.67 bits per heavy atom. The molecule has 1 aliphatic heterocycles. The summed E-state index contributed by atoms with van der Waals surface area (Å²) in [5.74, 6) is -3.69. The first kappa shape index (κ1) is 11.1. The van der Waals surface area contributed by atoms with Gasteiger partial charge in [-0.3, -0.25) is 0 Å². The van der Waals surface area contributed by atoms with Gasteiger partial charge in [-0.05, 0) is 12.1 Å². The minimum atomic E-state index is -5.00. The van der Waals surface area contributed by atoms with E-state index in [1.54, 1.807) is 6.07 Å². The van der Waals surface area contributed by atoms with Crippen molar-refractivity contribution in [3.63, 3.8) is 0 Å². The van der Waals surface area contributed by atoms with Crippen molar-refractivity contribution in [3.8, 4) is 17.1 Å². The van der Waals surface area contributed by atoms with E-state index >= 15 is 0 Å². The molecule has 1 atom stereocenters. The molecule has 0 unspecified atom stereocenters. The maximum atomic E-state index is 12.9. The molecule has 1 N–H and O–H groups in total. The summed E-state index contributed by atoms with van der Waals surface area (Å²) < 4.78 is 48.3. The second kappa shape index (κ2) is 3.26. The zero-order valence-corrected chi connectivity index (χ0v) is 8.73. The zero-order chi connectivity index (χ0) is 13.0. The molecule has 0 saturated carbocycles. The molecule has 0 amide bonds. The highest BCUT2D eigenvalue weighted by Crippen LogP contribution is 2.50. The summed E-state index contributed by atoms with van der Waals surface area (Å²) in [7, 11) is 0. The third-order valence-electron chi connectivity index (χ3n) is 2.71.